The Bertz CT molecular complexity index is 1390. The number of hydrogen-bond donors (Lipinski definition) is 0. The van der Waals surface area contributed by atoms with E-state index in [-0.39, 0.29) is 0 Å². The first kappa shape index (κ1) is 18.4. The van der Waals surface area contributed by atoms with E-state index in [2.05, 4.69) is 125 Å². The van der Waals surface area contributed by atoms with Gasteiger partial charge in [0.1, 0.15) is 4.88 Å². The second-order valence-corrected chi connectivity index (χ2v) is 9.39. The van der Waals surface area contributed by atoms with Crippen LogP contribution < -0.4 is 4.40 Å². The summed E-state index contributed by atoms with van der Waals surface area (Å²) in [6, 6.07) is 27.7. The molecule has 0 saturated carbocycles. The van der Waals surface area contributed by atoms with Gasteiger partial charge in [0.2, 0.25) is 5.52 Å². The van der Waals surface area contributed by atoms with Crippen LogP contribution in [-0.4, -0.2) is 4.90 Å². The van der Waals surface area contributed by atoms with E-state index >= 15 is 0 Å². The molecule has 2 nitrogen and oxygen atoms in total. The van der Waals surface area contributed by atoms with Crippen LogP contribution in [-0.2, 0) is 0 Å². The molecular weight excluding hydrogens is 416 g/mol. The second-order valence-electron chi connectivity index (χ2n) is 7.33. The number of nitrogens with zero attached hydrogens (tertiary/aromatic N) is 2. The zero-order chi connectivity index (χ0) is 20.6. The number of benzene rings is 2. The van der Waals surface area contributed by atoms with E-state index in [1.165, 1.54) is 42.2 Å². The van der Waals surface area contributed by atoms with Gasteiger partial charge in [-0.1, -0.05) is 89.8 Å². The fraction of sp³-hybridized carbons (Fsp3) is 0. The molecule has 0 fully saturated rings. The Kier molecular flexibility index (Phi) is 4.59. The van der Waals surface area contributed by atoms with Crippen molar-refractivity contribution in [1.29, 1.82) is 0 Å². The summed E-state index contributed by atoms with van der Waals surface area (Å²) < 4.78 is 2.30. The molecule has 2 aliphatic rings. The molecule has 2 aromatic heterocycles. The first-order chi connectivity index (χ1) is 15.4. The second kappa shape index (κ2) is 7.73. The molecule has 0 N–H and O–H groups in total. The number of allylic oxidation sites excluding steroid dienone is 3. The standard InChI is InChI=1S/C27H19N2S2/c1-3-11-20(12-4-1)26-22-15-7-9-17-28(22)24(30-26)19-25-29-18-10-8-16-23(29)27(31-25)21-13-5-2-6-14-21/h1-19H/q+1. The van der Waals surface area contributed by atoms with Gasteiger partial charge in [0.15, 0.2) is 6.20 Å². The normalized spacial score (nSPS) is 16.5. The zero-order valence-electron chi connectivity index (χ0n) is 16.7. The molecule has 0 saturated heterocycles. The summed E-state index contributed by atoms with van der Waals surface area (Å²) in [7, 11) is 0. The van der Waals surface area contributed by atoms with Crippen LogP contribution in [0, 0.1) is 0 Å². The predicted octanol–water partition coefficient (Wildman–Crippen LogP) is 6.95. The molecule has 148 valence electrons. The summed E-state index contributed by atoms with van der Waals surface area (Å²) in [5.74, 6) is 0. The number of aromatic nitrogens is 1. The van der Waals surface area contributed by atoms with Crippen LogP contribution in [0.3, 0.4) is 0 Å². The van der Waals surface area contributed by atoms with E-state index in [1.807, 2.05) is 23.1 Å². The molecule has 2 aliphatic heterocycles. The van der Waals surface area contributed by atoms with Gasteiger partial charge in [-0.05, 0) is 29.3 Å². The lowest BCUT2D eigenvalue weighted by molar-refractivity contribution is -0.508. The molecule has 0 unspecified atom stereocenters. The molecule has 4 heteroatoms. The van der Waals surface area contributed by atoms with E-state index in [9.17, 15) is 0 Å². The Labute approximate surface area is 189 Å². The maximum absolute atomic E-state index is 2.31. The van der Waals surface area contributed by atoms with E-state index < -0.39 is 0 Å². The van der Waals surface area contributed by atoms with Gasteiger partial charge in [0.05, 0.1) is 16.8 Å². The summed E-state index contributed by atoms with van der Waals surface area (Å²) in [6.45, 7) is 0. The summed E-state index contributed by atoms with van der Waals surface area (Å²) in [6.07, 6.45) is 13.0. The van der Waals surface area contributed by atoms with Crippen LogP contribution in [0.15, 0.2) is 120 Å². The number of thiazole rings is 1. The van der Waals surface area contributed by atoms with Crippen molar-refractivity contribution in [2.24, 2.45) is 0 Å². The van der Waals surface area contributed by atoms with Crippen molar-refractivity contribution in [2.75, 3.05) is 0 Å². The third kappa shape index (κ3) is 3.25. The zero-order valence-corrected chi connectivity index (χ0v) is 18.3. The fourth-order valence-electron chi connectivity index (χ4n) is 3.95. The molecule has 4 heterocycles. The predicted molar refractivity (Wildman–Crippen MR) is 132 cm³/mol. The fourth-order valence-corrected chi connectivity index (χ4v) is 6.35. The van der Waals surface area contributed by atoms with Gasteiger partial charge >= 0.3 is 0 Å². The summed E-state index contributed by atoms with van der Waals surface area (Å²) in [4.78, 5) is 4.88. The van der Waals surface area contributed by atoms with Crippen molar-refractivity contribution in [1.82, 2.24) is 4.90 Å². The van der Waals surface area contributed by atoms with Crippen molar-refractivity contribution in [2.45, 2.75) is 0 Å². The van der Waals surface area contributed by atoms with Gasteiger partial charge < -0.3 is 4.90 Å². The Hall–Kier alpha value is -3.34. The molecule has 2 aromatic carbocycles. The Morgan fingerprint density at radius 3 is 2.32 bits per heavy atom. The highest BCUT2D eigenvalue weighted by atomic mass is 32.2. The summed E-state index contributed by atoms with van der Waals surface area (Å²) in [5.41, 5.74) is 4.98. The van der Waals surface area contributed by atoms with Gasteiger partial charge in [-0.3, -0.25) is 0 Å². The lowest BCUT2D eigenvalue weighted by Crippen LogP contribution is -2.21. The summed E-state index contributed by atoms with van der Waals surface area (Å²) >= 11 is 3.67. The van der Waals surface area contributed by atoms with Gasteiger partial charge in [0.25, 0.3) is 5.01 Å². The Morgan fingerprint density at radius 1 is 0.774 bits per heavy atom. The van der Waals surface area contributed by atoms with Crippen LogP contribution in [0.5, 0.6) is 0 Å². The average Bonchev–Trinajstić information content (AvgIpc) is 3.40. The molecule has 0 atom stereocenters. The minimum absolute atomic E-state index is 1.22. The minimum Gasteiger partial charge on any atom is -0.310 e. The number of rotatable bonds is 3. The Balaban J connectivity index is 1.48. The highest BCUT2D eigenvalue weighted by Crippen LogP contribution is 2.49. The van der Waals surface area contributed by atoms with Gasteiger partial charge in [-0.2, -0.15) is 4.40 Å². The molecule has 0 spiro atoms. The van der Waals surface area contributed by atoms with Gasteiger partial charge in [-0.15, -0.1) is 0 Å². The summed E-state index contributed by atoms with van der Waals surface area (Å²) in [5, 5.41) is 2.43. The number of pyridine rings is 1. The number of fused-ring (bicyclic) bond motifs is 2. The van der Waals surface area contributed by atoms with Crippen molar-refractivity contribution >= 4 is 39.6 Å². The van der Waals surface area contributed by atoms with Crippen molar-refractivity contribution < 1.29 is 4.40 Å². The molecule has 0 aliphatic carbocycles. The van der Waals surface area contributed by atoms with Gasteiger partial charge in [0, 0.05) is 23.2 Å². The first-order valence-electron chi connectivity index (χ1n) is 10.2. The molecule has 31 heavy (non-hydrogen) atoms. The number of hydrogen-bond acceptors (Lipinski definition) is 3. The molecule has 4 aromatic rings. The molecule has 6 rings (SSSR count). The van der Waals surface area contributed by atoms with Crippen LogP contribution in [0.4, 0.5) is 0 Å². The first-order valence-corrected chi connectivity index (χ1v) is 11.8. The van der Waals surface area contributed by atoms with Crippen LogP contribution in [0.2, 0.25) is 0 Å². The highest BCUT2D eigenvalue weighted by Gasteiger charge is 2.29. The SMILES string of the molecule is C1=CC2=C(c3ccccc3)S/C(=C\c3sc(-c4ccccc4)c4cccc[n+]34)N2C=C1. The molecule has 0 bridgehead atoms. The monoisotopic (exact) mass is 435 g/mol. The van der Waals surface area contributed by atoms with Gasteiger partial charge in [-0.25, -0.2) is 0 Å². The molecule has 0 amide bonds. The third-order valence-corrected chi connectivity index (χ3v) is 7.74. The Morgan fingerprint density at radius 2 is 1.52 bits per heavy atom. The average molecular weight is 436 g/mol. The quantitative estimate of drug-likeness (QED) is 0.321. The van der Waals surface area contributed by atoms with Crippen molar-refractivity contribution in [3.05, 3.63) is 131 Å². The largest absolute Gasteiger partial charge is 0.310 e. The lowest BCUT2D eigenvalue weighted by Gasteiger charge is -2.18. The lowest BCUT2D eigenvalue weighted by atomic mass is 10.1. The van der Waals surface area contributed by atoms with Crippen LogP contribution >= 0.6 is 23.1 Å². The smallest absolute Gasteiger partial charge is 0.270 e. The maximum atomic E-state index is 2.31. The van der Waals surface area contributed by atoms with E-state index in [1.54, 1.807) is 0 Å². The number of thioether (sulfide) groups is 1. The minimum atomic E-state index is 1.22. The van der Waals surface area contributed by atoms with Crippen molar-refractivity contribution in [3.63, 3.8) is 0 Å². The van der Waals surface area contributed by atoms with Crippen LogP contribution in [0.1, 0.15) is 10.6 Å². The van der Waals surface area contributed by atoms with E-state index in [4.69, 9.17) is 0 Å². The molecular formula is C27H19N2S2+. The third-order valence-electron chi connectivity index (χ3n) is 5.39. The topological polar surface area (TPSA) is 7.34 Å². The van der Waals surface area contributed by atoms with E-state index in [0.29, 0.717) is 0 Å². The van der Waals surface area contributed by atoms with Crippen LogP contribution in [0.25, 0.3) is 26.9 Å². The highest BCUT2D eigenvalue weighted by molar-refractivity contribution is 8.12. The van der Waals surface area contributed by atoms with E-state index in [0.717, 1.165) is 0 Å². The maximum Gasteiger partial charge on any atom is 0.270 e. The van der Waals surface area contributed by atoms with Crippen molar-refractivity contribution in [3.8, 4) is 10.4 Å². The molecule has 0 radical (unpaired) electrons.